The summed E-state index contributed by atoms with van der Waals surface area (Å²) >= 11 is 18.3. The molecule has 0 radical (unpaired) electrons. The largest absolute Gasteiger partial charge is 0.493 e. The van der Waals surface area contributed by atoms with Crippen LogP contribution in [0.4, 0.5) is 0 Å². The molecular weight excluding hydrogens is 876 g/mol. The summed E-state index contributed by atoms with van der Waals surface area (Å²) in [6.45, 7) is 12.5. The molecule has 0 aliphatic heterocycles. The van der Waals surface area contributed by atoms with E-state index in [-0.39, 0.29) is 12.1 Å². The average molecular weight is 929 g/mol. The Morgan fingerprint density at radius 2 is 0.839 bits per heavy atom. The number of methoxy groups -OCH3 is 6. The zero-order valence-corrected chi connectivity index (χ0v) is 38.9. The Balaban J connectivity index is 0.000000300. The van der Waals surface area contributed by atoms with Crippen LogP contribution < -0.4 is 39.1 Å². The number of nitrogens with one attached hydrogen (secondary N) is 2. The smallest absolute Gasteiger partial charge is 0.203 e. The van der Waals surface area contributed by atoms with Crippen LogP contribution in [0.25, 0.3) is 12.2 Å². The molecule has 2 unspecified atom stereocenters. The summed E-state index contributed by atoms with van der Waals surface area (Å²) in [7, 11) is 9.60. The molecule has 56 heavy (non-hydrogen) atoms. The molecule has 0 spiro atoms. The molecule has 0 fully saturated rings. The van der Waals surface area contributed by atoms with Crippen LogP contribution in [-0.4, -0.2) is 52.6 Å². The second-order valence-electron chi connectivity index (χ2n) is 12.9. The predicted molar refractivity (Wildman–Crippen MR) is 246 cm³/mol. The monoisotopic (exact) mass is 926 g/mol. The Bertz CT molecular complexity index is 1890. The summed E-state index contributed by atoms with van der Waals surface area (Å²) < 4.78 is 34.6. The van der Waals surface area contributed by atoms with E-state index in [9.17, 15) is 0 Å². The minimum absolute atomic E-state index is 0.0333. The van der Waals surface area contributed by atoms with Gasteiger partial charge in [-0.05, 0) is 154 Å². The summed E-state index contributed by atoms with van der Waals surface area (Å²) in [5.74, 6) is 3.61. The molecule has 0 saturated heterocycles. The van der Waals surface area contributed by atoms with E-state index < -0.39 is 0 Å². The van der Waals surface area contributed by atoms with Crippen molar-refractivity contribution in [3.05, 3.63) is 114 Å². The molecule has 0 amide bonds. The standard InChI is InChI=1S/2C22H26BrNO3S/c2*1-13-7-8-16(21(23)14(13)2)9-10-20(28)24-15(3)17-11-18(25-4)22(27-6)19(12-17)26-5/h2*7-12,15H,1-6H3,(H,24,28)/b2*10-9+. The average Bonchev–Trinajstić information content (AvgIpc) is 3.20. The van der Waals surface area contributed by atoms with Gasteiger partial charge < -0.3 is 39.1 Å². The van der Waals surface area contributed by atoms with Gasteiger partial charge in [0, 0.05) is 21.0 Å². The van der Waals surface area contributed by atoms with Gasteiger partial charge in [0.25, 0.3) is 0 Å². The Labute approximate surface area is 360 Å². The van der Waals surface area contributed by atoms with Gasteiger partial charge in [0.2, 0.25) is 11.5 Å². The highest BCUT2D eigenvalue weighted by Crippen LogP contribution is 2.41. The number of hydrogen-bond acceptors (Lipinski definition) is 8. The topological polar surface area (TPSA) is 79.4 Å². The summed E-state index contributed by atoms with van der Waals surface area (Å²) in [4.78, 5) is 1.29. The van der Waals surface area contributed by atoms with Crippen molar-refractivity contribution in [1.82, 2.24) is 10.6 Å². The van der Waals surface area contributed by atoms with Gasteiger partial charge in [0.1, 0.15) is 0 Å². The Hall–Kier alpha value is -4.10. The van der Waals surface area contributed by atoms with Gasteiger partial charge in [-0.1, -0.05) is 60.9 Å². The maximum absolute atomic E-state index is 5.50. The minimum Gasteiger partial charge on any atom is -0.493 e. The number of aryl methyl sites for hydroxylation is 2. The zero-order valence-electron chi connectivity index (χ0n) is 34.1. The molecule has 0 aromatic heterocycles. The molecule has 0 aliphatic carbocycles. The van der Waals surface area contributed by atoms with Crippen molar-refractivity contribution in [2.75, 3.05) is 42.7 Å². The molecule has 4 aromatic rings. The van der Waals surface area contributed by atoms with Crippen molar-refractivity contribution in [3.63, 3.8) is 0 Å². The lowest BCUT2D eigenvalue weighted by molar-refractivity contribution is 0.323. The van der Waals surface area contributed by atoms with Crippen LogP contribution in [-0.2, 0) is 0 Å². The SMILES string of the molecule is COc1cc(C(C)NC(=S)/C=C/c2ccc(C)c(C)c2Br)cc(OC)c1OC.COc1cc(C(C)NC(=S)/C=C/c2ccc(C)c(C)c2Br)cc(OC)c1OC. The van der Waals surface area contributed by atoms with E-state index in [1.54, 1.807) is 42.7 Å². The van der Waals surface area contributed by atoms with E-state index in [4.69, 9.17) is 52.9 Å². The fourth-order valence-corrected chi connectivity index (χ4v) is 7.23. The number of ether oxygens (including phenoxy) is 6. The second kappa shape index (κ2) is 22.0. The first-order valence-electron chi connectivity index (χ1n) is 17.7. The van der Waals surface area contributed by atoms with Crippen LogP contribution >= 0.6 is 56.3 Å². The normalized spacial score (nSPS) is 12.0. The van der Waals surface area contributed by atoms with Crippen LogP contribution in [0.5, 0.6) is 34.5 Å². The Morgan fingerprint density at radius 3 is 1.11 bits per heavy atom. The summed E-state index contributed by atoms with van der Waals surface area (Å²) in [6.07, 6.45) is 7.82. The van der Waals surface area contributed by atoms with Gasteiger partial charge in [0.15, 0.2) is 23.0 Å². The van der Waals surface area contributed by atoms with Crippen molar-refractivity contribution in [3.8, 4) is 34.5 Å². The number of benzene rings is 4. The molecular formula is C44H52Br2N2O6S2. The zero-order chi connectivity index (χ0) is 41.7. The molecule has 2 N–H and O–H groups in total. The van der Waals surface area contributed by atoms with Crippen LogP contribution in [0.15, 0.2) is 69.6 Å². The van der Waals surface area contributed by atoms with Crippen LogP contribution in [0.1, 0.15) is 70.4 Å². The van der Waals surface area contributed by atoms with Gasteiger partial charge in [-0.15, -0.1) is 0 Å². The van der Waals surface area contributed by atoms with Crippen LogP contribution in [0.3, 0.4) is 0 Å². The highest BCUT2D eigenvalue weighted by Gasteiger charge is 2.18. The molecule has 0 bridgehead atoms. The van der Waals surface area contributed by atoms with Crippen LogP contribution in [0, 0.1) is 27.7 Å². The first-order valence-corrected chi connectivity index (χ1v) is 20.1. The quantitative estimate of drug-likeness (QED) is 0.0943. The van der Waals surface area contributed by atoms with Crippen molar-refractivity contribution in [1.29, 1.82) is 0 Å². The third kappa shape index (κ3) is 12.0. The summed E-state index contributed by atoms with van der Waals surface area (Å²) in [5, 5.41) is 6.66. The lowest BCUT2D eigenvalue weighted by Gasteiger charge is -2.19. The molecule has 0 heterocycles. The number of thiocarbonyl (C=S) groups is 2. The van der Waals surface area contributed by atoms with Crippen molar-refractivity contribution < 1.29 is 28.4 Å². The molecule has 8 nitrogen and oxygen atoms in total. The first-order chi connectivity index (χ1) is 26.6. The number of rotatable bonds is 14. The molecule has 4 rings (SSSR count). The first kappa shape index (κ1) is 46.3. The minimum atomic E-state index is -0.0333. The molecule has 4 aromatic carbocycles. The maximum Gasteiger partial charge on any atom is 0.203 e. The van der Waals surface area contributed by atoms with Crippen molar-refractivity contribution in [2.24, 2.45) is 0 Å². The van der Waals surface area contributed by atoms with Gasteiger partial charge in [-0.25, -0.2) is 0 Å². The van der Waals surface area contributed by atoms with Crippen molar-refractivity contribution in [2.45, 2.75) is 53.6 Å². The van der Waals surface area contributed by atoms with Gasteiger partial charge >= 0.3 is 0 Å². The number of hydrogen-bond donors (Lipinski definition) is 2. The molecule has 0 aliphatic rings. The Morgan fingerprint density at radius 1 is 0.536 bits per heavy atom. The number of halogens is 2. The third-order valence-corrected chi connectivity index (χ3v) is 11.9. The fraction of sp³-hybridized carbons (Fsp3) is 0.318. The second-order valence-corrected chi connectivity index (χ2v) is 15.3. The lowest BCUT2D eigenvalue weighted by atomic mass is 10.1. The van der Waals surface area contributed by atoms with Crippen molar-refractivity contribution >= 4 is 78.4 Å². The lowest BCUT2D eigenvalue weighted by Crippen LogP contribution is -2.23. The molecule has 300 valence electrons. The maximum atomic E-state index is 5.50. The third-order valence-electron chi connectivity index (χ3n) is 9.29. The van der Waals surface area contributed by atoms with E-state index in [0.29, 0.717) is 44.5 Å². The molecule has 12 heteroatoms. The van der Waals surface area contributed by atoms with Crippen LogP contribution in [0.2, 0.25) is 0 Å². The fourth-order valence-electron chi connectivity index (χ4n) is 5.59. The van der Waals surface area contributed by atoms with Gasteiger partial charge in [0.05, 0.1) is 52.6 Å². The Kier molecular flexibility index (Phi) is 18.2. The van der Waals surface area contributed by atoms with E-state index in [2.05, 4.69) is 94.5 Å². The van der Waals surface area contributed by atoms with E-state index in [1.165, 1.54) is 22.3 Å². The van der Waals surface area contributed by atoms with Gasteiger partial charge in [-0.3, -0.25) is 0 Å². The van der Waals surface area contributed by atoms with E-state index in [1.807, 2.05) is 62.4 Å². The summed E-state index contributed by atoms with van der Waals surface area (Å²) in [5.41, 5.74) is 9.11. The predicted octanol–water partition coefficient (Wildman–Crippen LogP) is 11.6. The highest BCUT2D eigenvalue weighted by molar-refractivity contribution is 9.11. The summed E-state index contributed by atoms with van der Waals surface area (Å²) in [6, 6.07) is 16.0. The van der Waals surface area contributed by atoms with E-state index in [0.717, 1.165) is 31.2 Å². The highest BCUT2D eigenvalue weighted by atomic mass is 79.9. The van der Waals surface area contributed by atoms with Gasteiger partial charge in [-0.2, -0.15) is 0 Å². The molecule has 0 saturated carbocycles. The molecule has 2 atom stereocenters. The van der Waals surface area contributed by atoms with E-state index >= 15 is 0 Å².